The zero-order chi connectivity index (χ0) is 21.9. The molecule has 0 saturated heterocycles. The lowest BCUT2D eigenvalue weighted by molar-refractivity contribution is 0.416. The van der Waals surface area contributed by atoms with Gasteiger partial charge in [0.15, 0.2) is 5.82 Å². The number of benzene rings is 4. The molecular weight excluding hydrogens is 394 g/mol. The van der Waals surface area contributed by atoms with Crippen LogP contribution in [-0.4, -0.2) is 22.9 Å². The van der Waals surface area contributed by atoms with Crippen LogP contribution >= 0.6 is 0 Å². The fourth-order valence-electron chi connectivity index (χ4n) is 4.02. The zero-order valence-corrected chi connectivity index (χ0v) is 18.1. The van der Waals surface area contributed by atoms with E-state index in [4.69, 9.17) is 9.72 Å². The number of para-hydroxylation sites is 2. The third-order valence-electron chi connectivity index (χ3n) is 5.63. The van der Waals surface area contributed by atoms with Crippen LogP contribution < -0.4 is 4.74 Å². The van der Waals surface area contributed by atoms with Gasteiger partial charge in [-0.2, -0.15) is 0 Å². The van der Waals surface area contributed by atoms with Crippen molar-refractivity contribution in [1.82, 2.24) is 9.55 Å². The first-order valence-electron chi connectivity index (χ1n) is 10.5. The Hall–Kier alpha value is -4.18. The van der Waals surface area contributed by atoms with E-state index < -0.39 is 0 Å². The fraction of sp³-hybridized carbons (Fsp3) is 0.0714. The van der Waals surface area contributed by atoms with Gasteiger partial charge in [0.1, 0.15) is 11.4 Å². The molecule has 32 heavy (non-hydrogen) atoms. The number of methoxy groups -OCH3 is 1. The molecule has 156 valence electrons. The van der Waals surface area contributed by atoms with Crippen LogP contribution in [0.25, 0.3) is 33.3 Å². The summed E-state index contributed by atoms with van der Waals surface area (Å²) in [6.07, 6.45) is 1.81. The quantitative estimate of drug-likeness (QED) is 0.300. The van der Waals surface area contributed by atoms with E-state index in [1.165, 1.54) is 0 Å². The minimum Gasteiger partial charge on any atom is -0.494 e. The molecule has 0 aliphatic carbocycles. The molecule has 0 N–H and O–H groups in total. The lowest BCUT2D eigenvalue weighted by Crippen LogP contribution is -1.97. The second-order valence-electron chi connectivity index (χ2n) is 7.55. The molecule has 0 spiro atoms. The molecular formula is C28H23N3O. The van der Waals surface area contributed by atoms with Gasteiger partial charge in [0.2, 0.25) is 0 Å². The number of fused-ring (bicyclic) bond motifs is 1. The number of ether oxygens (including phenoxy) is 1. The summed E-state index contributed by atoms with van der Waals surface area (Å²) in [6.45, 7) is 0. The van der Waals surface area contributed by atoms with Crippen LogP contribution in [0.3, 0.4) is 0 Å². The Morgan fingerprint density at radius 2 is 1.34 bits per heavy atom. The minimum atomic E-state index is 0.734. The smallest absolute Gasteiger partial charge is 0.152 e. The van der Waals surface area contributed by atoms with Gasteiger partial charge in [0.25, 0.3) is 0 Å². The molecule has 1 aromatic heterocycles. The maximum atomic E-state index is 5.44. The van der Waals surface area contributed by atoms with E-state index in [1.54, 1.807) is 13.3 Å². The second kappa shape index (κ2) is 8.52. The molecule has 0 radical (unpaired) electrons. The van der Waals surface area contributed by atoms with E-state index in [0.717, 1.165) is 50.5 Å². The van der Waals surface area contributed by atoms with Gasteiger partial charge in [-0.05, 0) is 23.3 Å². The molecule has 4 aromatic carbocycles. The topological polar surface area (TPSA) is 39.4 Å². The Balaban J connectivity index is 1.72. The summed E-state index contributed by atoms with van der Waals surface area (Å²) < 4.78 is 7.55. The lowest BCUT2D eigenvalue weighted by atomic mass is 9.98. The number of aromatic nitrogens is 2. The van der Waals surface area contributed by atoms with Gasteiger partial charge >= 0.3 is 0 Å². The van der Waals surface area contributed by atoms with E-state index in [9.17, 15) is 0 Å². The first-order chi connectivity index (χ1) is 15.8. The van der Waals surface area contributed by atoms with Gasteiger partial charge in [-0.25, -0.2) is 9.98 Å². The zero-order valence-electron chi connectivity index (χ0n) is 18.1. The normalized spacial score (nSPS) is 11.3. The Kier molecular flexibility index (Phi) is 5.26. The summed E-state index contributed by atoms with van der Waals surface area (Å²) in [5.74, 6) is 1.52. The van der Waals surface area contributed by atoms with Gasteiger partial charge in [-0.1, -0.05) is 84.9 Å². The number of nitrogens with zero attached hydrogens (tertiary/aromatic N) is 3. The molecule has 0 aliphatic heterocycles. The molecule has 0 bridgehead atoms. The van der Waals surface area contributed by atoms with Crippen LogP contribution in [0, 0.1) is 0 Å². The van der Waals surface area contributed by atoms with Crippen molar-refractivity contribution in [3.05, 3.63) is 103 Å². The number of aliphatic imine (C=N–C) groups is 1. The molecule has 5 rings (SSSR count). The van der Waals surface area contributed by atoms with E-state index in [1.807, 2.05) is 43.4 Å². The number of hydrogen-bond acceptors (Lipinski definition) is 3. The summed E-state index contributed by atoms with van der Waals surface area (Å²) in [5, 5.41) is 0. The van der Waals surface area contributed by atoms with Crippen molar-refractivity contribution in [2.24, 2.45) is 12.0 Å². The van der Waals surface area contributed by atoms with Crippen LogP contribution in [0.1, 0.15) is 5.82 Å². The molecule has 5 aromatic rings. The summed E-state index contributed by atoms with van der Waals surface area (Å²) >= 11 is 0. The molecule has 4 nitrogen and oxygen atoms in total. The Labute approximate surface area is 187 Å². The summed E-state index contributed by atoms with van der Waals surface area (Å²) in [6, 6.07) is 32.9. The van der Waals surface area contributed by atoms with Crippen molar-refractivity contribution in [2.45, 2.75) is 0 Å². The highest BCUT2D eigenvalue weighted by Gasteiger charge is 2.16. The number of imidazole rings is 1. The minimum absolute atomic E-state index is 0.734. The maximum Gasteiger partial charge on any atom is 0.152 e. The predicted molar refractivity (Wildman–Crippen MR) is 132 cm³/mol. The van der Waals surface area contributed by atoms with Gasteiger partial charge < -0.3 is 9.30 Å². The molecule has 0 fully saturated rings. The van der Waals surface area contributed by atoms with Crippen molar-refractivity contribution in [3.63, 3.8) is 0 Å². The fourth-order valence-corrected chi connectivity index (χ4v) is 4.02. The van der Waals surface area contributed by atoms with Crippen molar-refractivity contribution >= 4 is 22.9 Å². The molecule has 0 aliphatic rings. The standard InChI is InChI=1S/C28H23N3O/c1-31-26(19-29-24-15-9-10-16-25(24)32-2)30-27-22(20-11-5-3-6-12-20)17-18-23(28(27)31)21-13-7-4-8-14-21/h3-19H,1-2H3/b29-19+. The Morgan fingerprint density at radius 1 is 0.750 bits per heavy atom. The van der Waals surface area contributed by atoms with Crippen molar-refractivity contribution in [1.29, 1.82) is 0 Å². The molecule has 0 atom stereocenters. The van der Waals surface area contributed by atoms with Crippen LogP contribution in [-0.2, 0) is 7.05 Å². The lowest BCUT2D eigenvalue weighted by Gasteiger charge is -2.10. The van der Waals surface area contributed by atoms with Crippen molar-refractivity contribution in [3.8, 4) is 28.0 Å². The van der Waals surface area contributed by atoms with E-state index in [0.29, 0.717) is 0 Å². The first kappa shape index (κ1) is 19.8. The Morgan fingerprint density at radius 3 is 2.03 bits per heavy atom. The predicted octanol–water partition coefficient (Wildman–Crippen LogP) is 6.67. The van der Waals surface area contributed by atoms with Crippen LogP contribution in [0.2, 0.25) is 0 Å². The van der Waals surface area contributed by atoms with Gasteiger partial charge in [0, 0.05) is 18.2 Å². The number of aryl methyl sites for hydroxylation is 1. The van der Waals surface area contributed by atoms with Gasteiger partial charge in [-0.15, -0.1) is 0 Å². The van der Waals surface area contributed by atoms with Gasteiger partial charge in [0.05, 0.1) is 24.4 Å². The summed E-state index contributed by atoms with van der Waals surface area (Å²) in [7, 11) is 3.70. The van der Waals surface area contributed by atoms with Crippen molar-refractivity contribution in [2.75, 3.05) is 7.11 Å². The Bertz CT molecular complexity index is 1400. The third-order valence-corrected chi connectivity index (χ3v) is 5.63. The van der Waals surface area contributed by atoms with E-state index in [-0.39, 0.29) is 0 Å². The number of hydrogen-bond donors (Lipinski definition) is 0. The average Bonchev–Trinajstić information content (AvgIpc) is 3.19. The maximum absolute atomic E-state index is 5.44. The molecule has 0 amide bonds. The summed E-state index contributed by atoms with van der Waals surface area (Å²) in [5.41, 5.74) is 7.37. The highest BCUT2D eigenvalue weighted by atomic mass is 16.5. The summed E-state index contributed by atoms with van der Waals surface area (Å²) in [4.78, 5) is 9.69. The van der Waals surface area contributed by atoms with Crippen molar-refractivity contribution < 1.29 is 4.74 Å². The molecule has 0 saturated carbocycles. The highest BCUT2D eigenvalue weighted by Crippen LogP contribution is 2.35. The average molecular weight is 418 g/mol. The van der Waals surface area contributed by atoms with Crippen LogP contribution in [0.4, 0.5) is 5.69 Å². The molecule has 4 heteroatoms. The highest BCUT2D eigenvalue weighted by molar-refractivity contribution is 6.03. The monoisotopic (exact) mass is 417 g/mol. The third kappa shape index (κ3) is 3.56. The largest absolute Gasteiger partial charge is 0.494 e. The van der Waals surface area contributed by atoms with E-state index >= 15 is 0 Å². The molecule has 0 unspecified atom stereocenters. The second-order valence-corrected chi connectivity index (χ2v) is 7.55. The molecule has 1 heterocycles. The van der Waals surface area contributed by atoms with E-state index in [2.05, 4.69) is 70.2 Å². The van der Waals surface area contributed by atoms with Crippen LogP contribution in [0.5, 0.6) is 5.75 Å². The SMILES string of the molecule is COc1ccccc1/N=C/c1nc2c(-c3ccccc3)ccc(-c3ccccc3)c2n1C. The van der Waals surface area contributed by atoms with Gasteiger partial charge in [-0.3, -0.25) is 0 Å². The first-order valence-corrected chi connectivity index (χ1v) is 10.5. The number of rotatable bonds is 5. The van der Waals surface area contributed by atoms with Crippen LogP contribution in [0.15, 0.2) is 102 Å².